The molecule has 0 aliphatic carbocycles. The molecule has 0 heterocycles. The fourth-order valence-corrected chi connectivity index (χ4v) is 0.927. The van der Waals surface area contributed by atoms with Gasteiger partial charge in [0.05, 0.1) is 0 Å². The van der Waals surface area contributed by atoms with E-state index in [2.05, 4.69) is 11.8 Å². The van der Waals surface area contributed by atoms with Crippen LogP contribution < -0.4 is 4.74 Å². The van der Waals surface area contributed by atoms with E-state index in [9.17, 15) is 9.18 Å². The normalized spacial score (nSPS) is 8.71. The molecule has 0 bridgehead atoms. The predicted molar refractivity (Wildman–Crippen MR) is 50.7 cm³/mol. The average Bonchev–Trinajstić information content (AvgIpc) is 2.17. The summed E-state index contributed by atoms with van der Waals surface area (Å²) in [7, 11) is 0. The minimum atomic E-state index is -0.492. The summed E-state index contributed by atoms with van der Waals surface area (Å²) < 4.78 is 17.9. The first-order valence-electron chi connectivity index (χ1n) is 4.04. The molecule has 0 fully saturated rings. The van der Waals surface area contributed by atoms with E-state index >= 15 is 0 Å². The van der Waals surface area contributed by atoms with Crippen LogP contribution in [-0.2, 0) is 0 Å². The van der Waals surface area contributed by atoms with E-state index < -0.39 is 5.82 Å². The van der Waals surface area contributed by atoms with E-state index in [-0.39, 0.29) is 12.2 Å². The van der Waals surface area contributed by atoms with Crippen LogP contribution in [0.4, 0.5) is 4.39 Å². The molecule has 0 radical (unpaired) electrons. The van der Waals surface area contributed by atoms with Gasteiger partial charge in [-0.25, -0.2) is 4.39 Å². The Morgan fingerprint density at radius 2 is 2.29 bits per heavy atom. The van der Waals surface area contributed by atoms with Gasteiger partial charge in [0.15, 0.2) is 0 Å². The molecule has 1 aromatic carbocycles. The van der Waals surface area contributed by atoms with Crippen molar-refractivity contribution in [2.24, 2.45) is 0 Å². The summed E-state index contributed by atoms with van der Waals surface area (Å²) in [4.78, 5) is 10.4. The summed E-state index contributed by atoms with van der Waals surface area (Å²) >= 11 is 0. The largest absolute Gasteiger partial charge is 0.481 e. The zero-order valence-corrected chi connectivity index (χ0v) is 7.71. The van der Waals surface area contributed by atoms with E-state index in [1.165, 1.54) is 12.1 Å². The Balaban J connectivity index is 2.79. The molecule has 14 heavy (non-hydrogen) atoms. The van der Waals surface area contributed by atoms with Crippen LogP contribution in [0.2, 0.25) is 0 Å². The lowest BCUT2D eigenvalue weighted by Gasteiger charge is -2.02. The van der Waals surface area contributed by atoms with Gasteiger partial charge in [0.2, 0.25) is 0 Å². The molecular formula is C11H9FO2. The van der Waals surface area contributed by atoms with Crippen LogP contribution in [0.15, 0.2) is 18.2 Å². The summed E-state index contributed by atoms with van der Waals surface area (Å²) in [5.74, 6) is 5.14. The van der Waals surface area contributed by atoms with Crippen molar-refractivity contribution in [1.29, 1.82) is 0 Å². The lowest BCUT2D eigenvalue weighted by Crippen LogP contribution is -1.95. The highest BCUT2D eigenvalue weighted by molar-refractivity contribution is 5.75. The number of carbonyl (C=O) groups is 1. The second-order valence-electron chi connectivity index (χ2n) is 2.55. The van der Waals surface area contributed by atoms with Gasteiger partial charge in [-0.1, -0.05) is 5.92 Å². The third-order valence-corrected chi connectivity index (χ3v) is 1.52. The van der Waals surface area contributed by atoms with Crippen LogP contribution in [0.5, 0.6) is 5.75 Å². The van der Waals surface area contributed by atoms with Gasteiger partial charge < -0.3 is 4.74 Å². The maximum absolute atomic E-state index is 12.8. The first-order chi connectivity index (χ1) is 6.76. The molecule has 0 spiro atoms. The van der Waals surface area contributed by atoms with Crippen molar-refractivity contribution in [3.63, 3.8) is 0 Å². The summed E-state index contributed by atoms with van der Waals surface area (Å²) in [5, 5.41) is 0. The van der Waals surface area contributed by atoms with E-state index in [1.54, 1.807) is 6.92 Å². The fraction of sp³-hybridized carbons (Fsp3) is 0.182. The van der Waals surface area contributed by atoms with E-state index in [1.807, 2.05) is 0 Å². The zero-order chi connectivity index (χ0) is 10.4. The third kappa shape index (κ3) is 2.91. The number of hydrogen-bond acceptors (Lipinski definition) is 2. The second kappa shape index (κ2) is 5.03. The van der Waals surface area contributed by atoms with Crippen LogP contribution in [0.1, 0.15) is 17.3 Å². The van der Waals surface area contributed by atoms with Gasteiger partial charge in [0.25, 0.3) is 0 Å². The summed E-state index contributed by atoms with van der Waals surface area (Å²) in [6.45, 7) is 1.88. The zero-order valence-electron chi connectivity index (χ0n) is 7.71. The van der Waals surface area contributed by atoms with Gasteiger partial charge in [-0.2, -0.15) is 0 Å². The lowest BCUT2D eigenvalue weighted by molar-refractivity contribution is 0.112. The molecule has 3 heteroatoms. The smallest absolute Gasteiger partial charge is 0.150 e. The molecule has 0 aliphatic rings. The Hall–Kier alpha value is -1.82. The minimum Gasteiger partial charge on any atom is -0.481 e. The first kappa shape index (κ1) is 10.3. The van der Waals surface area contributed by atoms with Gasteiger partial charge in [-0.15, -0.1) is 5.92 Å². The molecule has 0 amide bonds. The Kier molecular flexibility index (Phi) is 3.69. The highest BCUT2D eigenvalue weighted by Crippen LogP contribution is 2.14. The third-order valence-electron chi connectivity index (χ3n) is 1.52. The molecule has 0 aliphatic heterocycles. The predicted octanol–water partition coefficient (Wildman–Crippen LogP) is 2.04. The second-order valence-corrected chi connectivity index (χ2v) is 2.55. The molecule has 1 rings (SSSR count). The number of rotatable bonds is 3. The number of halogens is 1. The topological polar surface area (TPSA) is 26.3 Å². The van der Waals surface area contributed by atoms with Gasteiger partial charge >= 0.3 is 0 Å². The number of aldehydes is 1. The van der Waals surface area contributed by atoms with Crippen LogP contribution in [0, 0.1) is 17.7 Å². The van der Waals surface area contributed by atoms with Crippen molar-refractivity contribution in [2.75, 3.05) is 6.61 Å². The summed E-state index contributed by atoms with van der Waals surface area (Å²) in [5.41, 5.74) is 0.254. The molecule has 0 aromatic heterocycles. The van der Waals surface area contributed by atoms with Crippen molar-refractivity contribution in [3.05, 3.63) is 29.6 Å². The van der Waals surface area contributed by atoms with Crippen molar-refractivity contribution in [3.8, 4) is 17.6 Å². The molecule has 72 valence electrons. The van der Waals surface area contributed by atoms with Gasteiger partial charge in [0, 0.05) is 11.6 Å². The van der Waals surface area contributed by atoms with Crippen molar-refractivity contribution < 1.29 is 13.9 Å². The molecule has 2 nitrogen and oxygen atoms in total. The maximum atomic E-state index is 12.8. The lowest BCUT2D eigenvalue weighted by atomic mass is 10.2. The van der Waals surface area contributed by atoms with E-state index in [0.29, 0.717) is 12.0 Å². The highest BCUT2D eigenvalue weighted by atomic mass is 19.1. The molecule has 0 unspecified atom stereocenters. The molecule has 0 N–H and O–H groups in total. The average molecular weight is 192 g/mol. The van der Waals surface area contributed by atoms with Crippen LogP contribution in [0.25, 0.3) is 0 Å². The van der Waals surface area contributed by atoms with Gasteiger partial charge in [-0.05, 0) is 19.1 Å². The van der Waals surface area contributed by atoms with Crippen LogP contribution in [0.3, 0.4) is 0 Å². The van der Waals surface area contributed by atoms with Gasteiger partial charge in [0.1, 0.15) is 24.5 Å². The van der Waals surface area contributed by atoms with Crippen LogP contribution in [-0.4, -0.2) is 12.9 Å². The van der Waals surface area contributed by atoms with E-state index in [0.717, 1.165) is 6.07 Å². The fourth-order valence-electron chi connectivity index (χ4n) is 0.927. The summed E-state index contributed by atoms with van der Waals surface area (Å²) in [6, 6.07) is 3.82. The highest BCUT2D eigenvalue weighted by Gasteiger charge is 2.00. The Bertz CT molecular complexity index is 388. The molecule has 0 atom stereocenters. The number of benzene rings is 1. The molecule has 0 saturated heterocycles. The summed E-state index contributed by atoms with van der Waals surface area (Å²) in [6.07, 6.45) is 0.571. The first-order valence-corrected chi connectivity index (χ1v) is 4.04. The van der Waals surface area contributed by atoms with E-state index in [4.69, 9.17) is 4.74 Å². The minimum absolute atomic E-state index is 0.193. The van der Waals surface area contributed by atoms with Crippen LogP contribution >= 0.6 is 0 Å². The van der Waals surface area contributed by atoms with Gasteiger partial charge in [-0.3, -0.25) is 4.79 Å². The molecule has 0 saturated carbocycles. The number of carbonyl (C=O) groups excluding carboxylic acids is 1. The Morgan fingerprint density at radius 3 is 2.93 bits per heavy atom. The van der Waals surface area contributed by atoms with Crippen molar-refractivity contribution in [1.82, 2.24) is 0 Å². The van der Waals surface area contributed by atoms with Crippen molar-refractivity contribution >= 4 is 6.29 Å². The standard InChI is InChI=1S/C11H9FO2/c1-2-3-4-14-11-6-9(8-13)5-10(12)7-11/h5-8H,4H2,1H3. The maximum Gasteiger partial charge on any atom is 0.150 e. The quantitative estimate of drug-likeness (QED) is 0.541. The molecule has 1 aromatic rings. The Labute approximate surface area is 81.7 Å². The number of hydrogen-bond donors (Lipinski definition) is 0. The Morgan fingerprint density at radius 1 is 1.50 bits per heavy atom. The monoisotopic (exact) mass is 192 g/mol. The molecular weight excluding hydrogens is 183 g/mol. The SMILES string of the molecule is CC#CCOc1cc(F)cc(C=O)c1. The number of ether oxygens (including phenoxy) is 1. The van der Waals surface area contributed by atoms with Crippen molar-refractivity contribution in [2.45, 2.75) is 6.92 Å².